The molecule has 0 spiro atoms. The molecule has 15 heavy (non-hydrogen) atoms. The summed E-state index contributed by atoms with van der Waals surface area (Å²) in [6.45, 7) is 2.03. The Hall–Kier alpha value is -0.820. The Kier molecular flexibility index (Phi) is 2.83. The first-order valence-electron chi connectivity index (χ1n) is 5.17. The van der Waals surface area contributed by atoms with Gasteiger partial charge in [0.25, 0.3) is 0 Å². The number of hydrogen-bond acceptors (Lipinski definition) is 2. The maximum absolute atomic E-state index is 13.6. The molecule has 1 atom stereocenters. The predicted molar refractivity (Wildman–Crippen MR) is 58.9 cm³/mol. The van der Waals surface area contributed by atoms with Crippen molar-refractivity contribution >= 4 is 12.4 Å². The van der Waals surface area contributed by atoms with Crippen LogP contribution in [0.1, 0.15) is 19.8 Å². The first-order valence-corrected chi connectivity index (χ1v) is 7.25. The van der Waals surface area contributed by atoms with Crippen molar-refractivity contribution in [2.75, 3.05) is 12.5 Å². The highest BCUT2D eigenvalue weighted by Gasteiger charge is 2.37. The second-order valence-electron chi connectivity index (χ2n) is 3.83. The Labute approximate surface area is 88.8 Å². The third-order valence-corrected chi connectivity index (χ3v) is 5.49. The molecular formula is C11H14FO2P. The van der Waals surface area contributed by atoms with Crippen LogP contribution in [-0.2, 0) is 4.57 Å². The quantitative estimate of drug-likeness (QED) is 0.743. The lowest BCUT2D eigenvalue weighted by molar-refractivity contribution is 0.392. The molecule has 1 aromatic carbocycles. The van der Waals surface area contributed by atoms with Crippen LogP contribution in [0, 0.1) is 5.82 Å². The molecule has 1 aliphatic heterocycles. The molecule has 4 heteroatoms. The van der Waals surface area contributed by atoms with Gasteiger partial charge in [-0.15, -0.1) is 0 Å². The van der Waals surface area contributed by atoms with E-state index < -0.39 is 7.14 Å². The number of rotatable bonds is 3. The summed E-state index contributed by atoms with van der Waals surface area (Å²) in [5.74, 6) is 0.0823. The van der Waals surface area contributed by atoms with Gasteiger partial charge in [0.05, 0.1) is 5.30 Å². The van der Waals surface area contributed by atoms with Crippen molar-refractivity contribution in [3.63, 3.8) is 0 Å². The highest BCUT2D eigenvalue weighted by atomic mass is 31.2. The zero-order chi connectivity index (χ0) is 10.9. The average Bonchev–Trinajstić information content (AvgIpc) is 2.56. The minimum Gasteiger partial charge on any atom is -0.485 e. The molecule has 0 radical (unpaired) electrons. The molecular weight excluding hydrogens is 214 g/mol. The summed E-state index contributed by atoms with van der Waals surface area (Å²) < 4.78 is 31.3. The predicted octanol–water partition coefficient (Wildman–Crippen LogP) is 2.96. The van der Waals surface area contributed by atoms with Crippen LogP contribution >= 0.6 is 7.14 Å². The number of benzene rings is 1. The SMILES string of the molecule is CCCC[P@@]1(=O)COc2cccc(F)c21. The number of hydrogen-bond donors (Lipinski definition) is 0. The van der Waals surface area contributed by atoms with E-state index in [-0.39, 0.29) is 12.2 Å². The minimum atomic E-state index is -2.61. The first kappa shape index (κ1) is 10.7. The zero-order valence-corrected chi connectivity index (χ0v) is 9.60. The van der Waals surface area contributed by atoms with Gasteiger partial charge in [0.1, 0.15) is 17.9 Å². The van der Waals surface area contributed by atoms with Crippen LogP contribution in [0.15, 0.2) is 18.2 Å². The molecule has 0 fully saturated rings. The first-order chi connectivity index (χ1) is 7.17. The van der Waals surface area contributed by atoms with Crippen molar-refractivity contribution in [1.29, 1.82) is 0 Å². The van der Waals surface area contributed by atoms with Crippen LogP contribution in [-0.4, -0.2) is 12.5 Å². The van der Waals surface area contributed by atoms with Gasteiger partial charge in [0.15, 0.2) is 7.14 Å². The van der Waals surface area contributed by atoms with Crippen molar-refractivity contribution in [1.82, 2.24) is 0 Å². The van der Waals surface area contributed by atoms with Gasteiger partial charge < -0.3 is 9.30 Å². The molecule has 0 bridgehead atoms. The Bertz CT molecular complexity index is 417. The molecule has 2 rings (SSSR count). The molecule has 1 aliphatic rings. The Morgan fingerprint density at radius 3 is 3.07 bits per heavy atom. The lowest BCUT2D eigenvalue weighted by Gasteiger charge is -2.09. The topological polar surface area (TPSA) is 26.3 Å². The molecule has 1 heterocycles. The van der Waals surface area contributed by atoms with E-state index in [0.717, 1.165) is 12.8 Å². The van der Waals surface area contributed by atoms with Crippen LogP contribution in [0.25, 0.3) is 0 Å². The van der Waals surface area contributed by atoms with E-state index >= 15 is 0 Å². The molecule has 0 saturated heterocycles. The second kappa shape index (κ2) is 3.97. The highest BCUT2D eigenvalue weighted by molar-refractivity contribution is 7.72. The van der Waals surface area contributed by atoms with Gasteiger partial charge in [-0.1, -0.05) is 19.4 Å². The maximum atomic E-state index is 13.6. The van der Waals surface area contributed by atoms with Crippen LogP contribution in [0.5, 0.6) is 5.75 Å². The smallest absolute Gasteiger partial charge is 0.157 e. The fourth-order valence-corrected chi connectivity index (χ4v) is 4.50. The summed E-state index contributed by atoms with van der Waals surface area (Å²) in [5, 5.41) is 0.332. The standard InChI is InChI=1S/C11H14FO2P/c1-2-3-7-15(13)8-14-10-6-4-5-9(12)11(10)15/h4-6H,2-3,7-8H2,1H3/t15-/m1/s1. The molecule has 2 nitrogen and oxygen atoms in total. The maximum Gasteiger partial charge on any atom is 0.157 e. The van der Waals surface area contributed by atoms with Crippen LogP contribution in [0.3, 0.4) is 0 Å². The number of fused-ring (bicyclic) bond motifs is 1. The van der Waals surface area contributed by atoms with Gasteiger partial charge in [-0.3, -0.25) is 0 Å². The Balaban J connectivity index is 2.38. The molecule has 0 unspecified atom stereocenters. The van der Waals surface area contributed by atoms with Gasteiger partial charge >= 0.3 is 0 Å². The van der Waals surface area contributed by atoms with E-state index in [1.54, 1.807) is 12.1 Å². The van der Waals surface area contributed by atoms with E-state index in [4.69, 9.17) is 4.74 Å². The van der Waals surface area contributed by atoms with Gasteiger partial charge in [0.2, 0.25) is 0 Å². The molecule has 0 N–H and O–H groups in total. The van der Waals surface area contributed by atoms with Crippen molar-refractivity contribution in [3.8, 4) is 5.75 Å². The van der Waals surface area contributed by atoms with E-state index in [1.807, 2.05) is 6.92 Å². The largest absolute Gasteiger partial charge is 0.485 e. The number of halogens is 1. The molecule has 0 saturated carbocycles. The van der Waals surface area contributed by atoms with Crippen molar-refractivity contribution in [2.45, 2.75) is 19.8 Å². The Morgan fingerprint density at radius 2 is 2.33 bits per heavy atom. The summed E-state index contributed by atoms with van der Waals surface area (Å²) in [6.07, 6.45) is 2.54. The van der Waals surface area contributed by atoms with E-state index in [0.29, 0.717) is 17.2 Å². The summed E-state index contributed by atoms with van der Waals surface area (Å²) >= 11 is 0. The molecule has 0 amide bonds. The van der Waals surface area contributed by atoms with Crippen LogP contribution in [0.2, 0.25) is 0 Å². The normalized spacial score (nSPS) is 23.6. The molecule has 1 aromatic rings. The lowest BCUT2D eigenvalue weighted by Crippen LogP contribution is -2.08. The Morgan fingerprint density at radius 1 is 1.53 bits per heavy atom. The van der Waals surface area contributed by atoms with Crippen molar-refractivity contribution in [3.05, 3.63) is 24.0 Å². The minimum absolute atomic E-state index is 0.170. The summed E-state index contributed by atoms with van der Waals surface area (Å²) in [7, 11) is -2.61. The fraction of sp³-hybridized carbons (Fsp3) is 0.455. The number of unbranched alkanes of at least 4 members (excludes halogenated alkanes) is 1. The van der Waals surface area contributed by atoms with Crippen molar-refractivity contribution in [2.24, 2.45) is 0 Å². The van der Waals surface area contributed by atoms with E-state index in [1.165, 1.54) is 6.07 Å². The second-order valence-corrected chi connectivity index (χ2v) is 6.76. The van der Waals surface area contributed by atoms with Gasteiger partial charge in [0, 0.05) is 6.16 Å². The summed E-state index contributed by atoms with van der Waals surface area (Å²) in [6, 6.07) is 4.62. The summed E-state index contributed by atoms with van der Waals surface area (Å²) in [5.41, 5.74) is 0. The highest BCUT2D eigenvalue weighted by Crippen LogP contribution is 2.52. The molecule has 0 aromatic heterocycles. The zero-order valence-electron chi connectivity index (χ0n) is 8.70. The van der Waals surface area contributed by atoms with Gasteiger partial charge in [-0.25, -0.2) is 4.39 Å². The van der Waals surface area contributed by atoms with E-state index in [9.17, 15) is 8.96 Å². The van der Waals surface area contributed by atoms with E-state index in [2.05, 4.69) is 0 Å². The van der Waals surface area contributed by atoms with Gasteiger partial charge in [-0.2, -0.15) is 0 Å². The van der Waals surface area contributed by atoms with Crippen LogP contribution in [0.4, 0.5) is 4.39 Å². The lowest BCUT2D eigenvalue weighted by atomic mass is 10.3. The van der Waals surface area contributed by atoms with Crippen molar-refractivity contribution < 1.29 is 13.7 Å². The van der Waals surface area contributed by atoms with Gasteiger partial charge in [-0.05, 0) is 18.6 Å². The third-order valence-electron chi connectivity index (χ3n) is 2.66. The third kappa shape index (κ3) is 1.81. The molecule has 0 aliphatic carbocycles. The summed E-state index contributed by atoms with van der Waals surface area (Å²) in [4.78, 5) is 0. The van der Waals surface area contributed by atoms with Crippen LogP contribution < -0.4 is 10.0 Å². The average molecular weight is 228 g/mol. The monoisotopic (exact) mass is 228 g/mol. The fourth-order valence-electron chi connectivity index (χ4n) is 1.84. The number of ether oxygens (including phenoxy) is 1. The molecule has 82 valence electrons.